The molecule has 8 aromatic rings. The summed E-state index contributed by atoms with van der Waals surface area (Å²) in [7, 11) is 4.63. The van der Waals surface area contributed by atoms with E-state index in [1.54, 1.807) is 90.5 Å². The summed E-state index contributed by atoms with van der Waals surface area (Å²) in [6, 6.07) is 37.1. The maximum atomic E-state index is 13.6. The van der Waals surface area contributed by atoms with Gasteiger partial charge in [0, 0.05) is 39.0 Å². The Morgan fingerprint density at radius 3 is 1.51 bits per heavy atom. The van der Waals surface area contributed by atoms with Gasteiger partial charge >= 0.3 is 6.36 Å². The zero-order chi connectivity index (χ0) is 53.0. The van der Waals surface area contributed by atoms with E-state index in [9.17, 15) is 41.9 Å². The first-order chi connectivity index (χ1) is 36.2. The number of carbonyl (C=O) groups is 4. The van der Waals surface area contributed by atoms with E-state index in [-0.39, 0.29) is 77.7 Å². The number of hydrogen-bond donors (Lipinski definition) is 0. The summed E-state index contributed by atoms with van der Waals surface area (Å²) < 4.78 is 62.5. The number of aromatic nitrogens is 4. The molecule has 4 amide bonds. The largest absolute Gasteiger partial charge is 0.573 e. The van der Waals surface area contributed by atoms with Crippen LogP contribution in [0.2, 0.25) is 0 Å². The van der Waals surface area contributed by atoms with Gasteiger partial charge in [0.1, 0.15) is 22.9 Å². The smallest absolute Gasteiger partial charge is 0.496 e. The van der Waals surface area contributed by atoms with Crippen LogP contribution in [0.1, 0.15) is 64.2 Å². The predicted octanol–water partition coefficient (Wildman–Crippen LogP) is 7.88. The normalized spacial score (nSPS) is 13.0. The van der Waals surface area contributed by atoms with Crippen LogP contribution < -0.4 is 30.1 Å². The topological polar surface area (TPSA) is 181 Å². The lowest BCUT2D eigenvalue weighted by Crippen LogP contribution is -2.34. The standard InChI is InChI=1S/C29H24F3N3O6.C27H23N3O4/c1-39-21-11-10-17(16-23(21)40-2)12-14-34-24(13-15-35-26(36)18-6-3-4-7-19(18)27(35)37)33-25-20(28(34)38)8-5-9-22(25)41-29(30,31)32;1-34-23-13-7-2-8-18(23)14-16-29-24(28-22-12-6-5-11-21(22)27(29)33)15-17-30-25(31)19-9-3-4-10-20(19)26(30)32/h3-11,16H,12-15H2,1-2H3;2-13H,14-17H2,1H3. The maximum Gasteiger partial charge on any atom is 0.573 e. The summed E-state index contributed by atoms with van der Waals surface area (Å²) in [4.78, 5) is 89.7. The van der Waals surface area contributed by atoms with Crippen molar-refractivity contribution in [3.05, 3.63) is 199 Å². The van der Waals surface area contributed by atoms with Crippen LogP contribution in [0.25, 0.3) is 21.8 Å². The molecular weight excluding hydrogens is 974 g/mol. The van der Waals surface area contributed by atoms with Gasteiger partial charge in [-0.05, 0) is 90.7 Å². The fraction of sp³-hybridized carbons (Fsp3) is 0.214. The van der Waals surface area contributed by atoms with E-state index in [0.717, 1.165) is 27.8 Å². The molecule has 0 N–H and O–H groups in total. The van der Waals surface area contributed by atoms with Gasteiger partial charge in [0.05, 0.1) is 59.9 Å². The Labute approximate surface area is 426 Å². The Hall–Kier alpha value is -9.13. The number of alkyl halides is 3. The number of amides is 4. The van der Waals surface area contributed by atoms with Gasteiger partial charge in [0.2, 0.25) is 0 Å². The van der Waals surface area contributed by atoms with Crippen molar-refractivity contribution in [1.29, 1.82) is 0 Å². The highest BCUT2D eigenvalue weighted by Gasteiger charge is 2.37. The molecule has 2 aromatic heterocycles. The first-order valence-corrected chi connectivity index (χ1v) is 23.7. The minimum Gasteiger partial charge on any atom is -0.496 e. The summed E-state index contributed by atoms with van der Waals surface area (Å²) in [5.41, 5.74) is 2.73. The van der Waals surface area contributed by atoms with Crippen LogP contribution in [0.3, 0.4) is 0 Å². The highest BCUT2D eigenvalue weighted by molar-refractivity contribution is 6.22. The molecule has 75 heavy (non-hydrogen) atoms. The second-order valence-corrected chi connectivity index (χ2v) is 17.3. The molecule has 0 saturated carbocycles. The lowest BCUT2D eigenvalue weighted by atomic mass is 10.1. The number of imide groups is 2. The number of fused-ring (bicyclic) bond motifs is 4. The number of aryl methyl sites for hydroxylation is 2. The number of hydrogen-bond acceptors (Lipinski definition) is 12. The van der Waals surface area contributed by atoms with E-state index in [4.69, 9.17) is 19.2 Å². The molecule has 0 fully saturated rings. The molecule has 0 bridgehead atoms. The van der Waals surface area contributed by atoms with Crippen LogP contribution in [0.4, 0.5) is 13.2 Å². The Kier molecular flexibility index (Phi) is 14.6. The molecule has 0 atom stereocenters. The lowest BCUT2D eigenvalue weighted by molar-refractivity contribution is -0.274. The molecule has 0 spiro atoms. The van der Waals surface area contributed by atoms with Crippen LogP contribution in [-0.4, -0.2) is 93.3 Å². The van der Waals surface area contributed by atoms with Gasteiger partial charge in [-0.25, -0.2) is 9.97 Å². The molecule has 4 heterocycles. The Morgan fingerprint density at radius 1 is 0.453 bits per heavy atom. The summed E-state index contributed by atoms with van der Waals surface area (Å²) >= 11 is 0. The molecule has 0 saturated heterocycles. The summed E-state index contributed by atoms with van der Waals surface area (Å²) in [6.07, 6.45) is -3.89. The van der Waals surface area contributed by atoms with Crippen LogP contribution >= 0.6 is 0 Å². The molecule has 0 radical (unpaired) electrons. The first kappa shape index (κ1) is 50.8. The maximum absolute atomic E-state index is 13.6. The quantitative estimate of drug-likeness (QED) is 0.0856. The van der Waals surface area contributed by atoms with E-state index in [0.29, 0.717) is 58.7 Å². The van der Waals surface area contributed by atoms with Crippen LogP contribution in [0.15, 0.2) is 143 Å². The van der Waals surface area contributed by atoms with Crippen molar-refractivity contribution in [1.82, 2.24) is 28.9 Å². The minimum absolute atomic E-state index is 0.0662. The van der Waals surface area contributed by atoms with E-state index in [1.165, 1.54) is 35.8 Å². The summed E-state index contributed by atoms with van der Waals surface area (Å²) in [6.45, 7) is 0.516. The molecular formula is C56H47F3N6O10. The fourth-order valence-electron chi connectivity index (χ4n) is 9.25. The number of ether oxygens (including phenoxy) is 4. The molecule has 6 aromatic carbocycles. The zero-order valence-electron chi connectivity index (χ0n) is 40.8. The molecule has 0 aliphatic carbocycles. The van der Waals surface area contributed by atoms with Crippen molar-refractivity contribution in [2.24, 2.45) is 0 Å². The predicted molar refractivity (Wildman–Crippen MR) is 270 cm³/mol. The average Bonchev–Trinajstić information content (AvgIpc) is 3.81. The first-order valence-electron chi connectivity index (χ1n) is 23.7. The van der Waals surface area contributed by atoms with Gasteiger partial charge in [0.15, 0.2) is 17.2 Å². The highest BCUT2D eigenvalue weighted by atomic mass is 19.4. The lowest BCUT2D eigenvalue weighted by Gasteiger charge is -2.18. The van der Waals surface area contributed by atoms with Gasteiger partial charge in [-0.15, -0.1) is 13.2 Å². The van der Waals surface area contributed by atoms with Crippen molar-refractivity contribution < 1.29 is 51.3 Å². The Balaban J connectivity index is 0.000000187. The summed E-state index contributed by atoms with van der Waals surface area (Å²) in [5.74, 6) is 0.173. The Morgan fingerprint density at radius 2 is 0.933 bits per heavy atom. The summed E-state index contributed by atoms with van der Waals surface area (Å²) in [5, 5.41) is 0.468. The minimum atomic E-state index is -5.00. The van der Waals surface area contributed by atoms with Gasteiger partial charge in [0.25, 0.3) is 34.7 Å². The van der Waals surface area contributed by atoms with Gasteiger partial charge in [-0.2, -0.15) is 0 Å². The molecule has 19 heteroatoms. The SMILES string of the molecule is COc1ccc(CCn2c(CCN3C(=O)c4ccccc4C3=O)nc3c(OC(F)(F)F)cccc3c2=O)cc1OC.COc1ccccc1CCn1c(CCN2C(=O)c3ccccc3C2=O)nc2ccccc2c1=O. The molecule has 10 rings (SSSR count). The van der Waals surface area contributed by atoms with Gasteiger partial charge in [-0.3, -0.25) is 47.7 Å². The van der Waals surface area contributed by atoms with Crippen molar-refractivity contribution in [3.63, 3.8) is 0 Å². The molecule has 2 aliphatic rings. The van der Waals surface area contributed by atoms with Crippen LogP contribution in [0, 0.1) is 0 Å². The third-order valence-electron chi connectivity index (χ3n) is 12.9. The van der Waals surface area contributed by atoms with Crippen LogP contribution in [0.5, 0.6) is 23.0 Å². The third kappa shape index (κ3) is 10.4. The number of nitrogens with zero attached hydrogens (tertiary/aromatic N) is 6. The molecule has 2 aliphatic heterocycles. The highest BCUT2D eigenvalue weighted by Crippen LogP contribution is 2.31. The van der Waals surface area contributed by atoms with Gasteiger partial charge < -0.3 is 18.9 Å². The third-order valence-corrected chi connectivity index (χ3v) is 12.9. The van der Waals surface area contributed by atoms with Crippen molar-refractivity contribution >= 4 is 45.4 Å². The second-order valence-electron chi connectivity index (χ2n) is 17.3. The van der Waals surface area contributed by atoms with E-state index >= 15 is 0 Å². The molecule has 16 nitrogen and oxygen atoms in total. The number of para-hydroxylation sites is 3. The Bertz CT molecular complexity index is 3600. The number of carbonyl (C=O) groups excluding carboxylic acids is 4. The van der Waals surface area contributed by atoms with Crippen molar-refractivity contribution in [2.45, 2.75) is 45.1 Å². The van der Waals surface area contributed by atoms with Gasteiger partial charge in [-0.1, -0.05) is 66.7 Å². The number of halogens is 3. The molecule has 382 valence electrons. The number of methoxy groups -OCH3 is 3. The van der Waals surface area contributed by atoms with E-state index < -0.39 is 29.5 Å². The van der Waals surface area contributed by atoms with Crippen molar-refractivity contribution in [2.75, 3.05) is 34.4 Å². The van der Waals surface area contributed by atoms with Crippen molar-refractivity contribution in [3.8, 4) is 23.0 Å². The van der Waals surface area contributed by atoms with E-state index in [2.05, 4.69) is 9.72 Å². The number of rotatable bonds is 16. The average molecular weight is 1020 g/mol. The molecule has 0 unspecified atom stereocenters. The monoisotopic (exact) mass is 1020 g/mol. The van der Waals surface area contributed by atoms with E-state index in [1.807, 2.05) is 36.4 Å². The fourth-order valence-corrected chi connectivity index (χ4v) is 9.25. The second kappa shape index (κ2) is 21.5. The zero-order valence-corrected chi connectivity index (χ0v) is 40.8. The van der Waals surface area contributed by atoms with Crippen LogP contribution in [-0.2, 0) is 38.8 Å². The number of benzene rings is 6.